The van der Waals surface area contributed by atoms with Crippen molar-refractivity contribution in [1.29, 1.82) is 0 Å². The molecule has 1 atom stereocenters. The summed E-state index contributed by atoms with van der Waals surface area (Å²) >= 11 is 0. The van der Waals surface area contributed by atoms with E-state index >= 15 is 0 Å². The van der Waals surface area contributed by atoms with Gasteiger partial charge in [0.25, 0.3) is 5.91 Å². The number of carbonyl (C=O) groups excluding carboxylic acids is 3. The highest BCUT2D eigenvalue weighted by atomic mass is 16.5. The van der Waals surface area contributed by atoms with Gasteiger partial charge in [-0.3, -0.25) is 14.5 Å². The average Bonchev–Trinajstić information content (AvgIpc) is 2.99. The zero-order chi connectivity index (χ0) is 20.4. The fraction of sp³-hybridized carbons (Fsp3) is 0.450. The standard InChI is InChI=1S/C20H26N4O4/c1-12(2)9-21-16(25)11-24-10-14-17(19(24)26)18(22-20(27)23(14)3)13-7-5-6-8-15(13)28-4/h5-8,12,18H,9-11H2,1-4H3,(H,21,25)(H,22,27). The molecule has 0 spiro atoms. The van der Waals surface area contributed by atoms with Gasteiger partial charge in [-0.2, -0.15) is 0 Å². The summed E-state index contributed by atoms with van der Waals surface area (Å²) in [5.41, 5.74) is 1.79. The van der Waals surface area contributed by atoms with Gasteiger partial charge in [-0.25, -0.2) is 4.79 Å². The third-order valence-corrected chi connectivity index (χ3v) is 4.93. The van der Waals surface area contributed by atoms with Crippen molar-refractivity contribution in [3.63, 3.8) is 0 Å². The molecule has 28 heavy (non-hydrogen) atoms. The predicted octanol–water partition coefficient (Wildman–Crippen LogP) is 1.26. The van der Waals surface area contributed by atoms with E-state index in [1.807, 2.05) is 32.0 Å². The Labute approximate surface area is 164 Å². The SMILES string of the molecule is COc1ccccc1C1NC(=O)N(C)C2=C1C(=O)N(CC(=O)NCC(C)C)C2. The largest absolute Gasteiger partial charge is 0.496 e. The van der Waals surface area contributed by atoms with E-state index in [0.29, 0.717) is 35.0 Å². The summed E-state index contributed by atoms with van der Waals surface area (Å²) in [4.78, 5) is 40.7. The molecule has 0 aliphatic carbocycles. The second-order valence-electron chi connectivity index (χ2n) is 7.40. The van der Waals surface area contributed by atoms with Gasteiger partial charge in [0.15, 0.2) is 0 Å². The first-order valence-corrected chi connectivity index (χ1v) is 9.29. The number of amides is 4. The average molecular weight is 386 g/mol. The number of carbonyl (C=O) groups is 3. The van der Waals surface area contributed by atoms with Crippen LogP contribution in [0.15, 0.2) is 35.5 Å². The first-order valence-electron chi connectivity index (χ1n) is 9.29. The van der Waals surface area contributed by atoms with Crippen molar-refractivity contribution in [3.8, 4) is 5.75 Å². The quantitative estimate of drug-likeness (QED) is 0.770. The zero-order valence-electron chi connectivity index (χ0n) is 16.6. The molecule has 0 fully saturated rings. The van der Waals surface area contributed by atoms with E-state index < -0.39 is 6.04 Å². The number of para-hydroxylation sites is 1. The van der Waals surface area contributed by atoms with Crippen LogP contribution >= 0.6 is 0 Å². The molecule has 8 heteroatoms. The summed E-state index contributed by atoms with van der Waals surface area (Å²) in [6.07, 6.45) is 0. The van der Waals surface area contributed by atoms with E-state index in [4.69, 9.17) is 4.74 Å². The molecule has 8 nitrogen and oxygen atoms in total. The Bertz CT molecular complexity index is 833. The van der Waals surface area contributed by atoms with Gasteiger partial charge in [-0.05, 0) is 12.0 Å². The van der Waals surface area contributed by atoms with Crippen LogP contribution in [-0.2, 0) is 9.59 Å². The highest BCUT2D eigenvalue weighted by Crippen LogP contribution is 2.38. The number of methoxy groups -OCH3 is 1. The molecule has 1 unspecified atom stereocenters. The Morgan fingerprint density at radius 3 is 2.71 bits per heavy atom. The van der Waals surface area contributed by atoms with E-state index in [0.717, 1.165) is 0 Å². The van der Waals surface area contributed by atoms with Gasteiger partial charge in [0.2, 0.25) is 5.91 Å². The molecule has 3 rings (SSSR count). The van der Waals surface area contributed by atoms with Crippen LogP contribution in [-0.4, -0.2) is 61.4 Å². The first-order chi connectivity index (χ1) is 13.3. The molecule has 2 aliphatic heterocycles. The number of likely N-dealkylation sites (N-methyl/N-ethyl adjacent to an activating group) is 1. The molecular formula is C20H26N4O4. The van der Waals surface area contributed by atoms with Crippen molar-refractivity contribution in [3.05, 3.63) is 41.1 Å². The van der Waals surface area contributed by atoms with Crippen LogP contribution in [0.5, 0.6) is 5.75 Å². The second kappa shape index (κ2) is 7.92. The maximum atomic E-state index is 13.1. The molecule has 4 amide bonds. The lowest BCUT2D eigenvalue weighted by Crippen LogP contribution is -2.45. The lowest BCUT2D eigenvalue weighted by atomic mass is 9.95. The minimum atomic E-state index is -0.619. The number of ether oxygens (including phenoxy) is 1. The summed E-state index contributed by atoms with van der Waals surface area (Å²) in [6.45, 7) is 4.74. The Morgan fingerprint density at radius 2 is 2.04 bits per heavy atom. The molecule has 2 aliphatic rings. The second-order valence-corrected chi connectivity index (χ2v) is 7.40. The van der Waals surface area contributed by atoms with Gasteiger partial charge in [0.05, 0.1) is 31.0 Å². The first kappa shape index (κ1) is 19.7. The van der Waals surface area contributed by atoms with Crippen molar-refractivity contribution in [1.82, 2.24) is 20.4 Å². The predicted molar refractivity (Wildman–Crippen MR) is 103 cm³/mol. The van der Waals surface area contributed by atoms with Crippen molar-refractivity contribution in [2.45, 2.75) is 19.9 Å². The van der Waals surface area contributed by atoms with Gasteiger partial charge in [0, 0.05) is 19.2 Å². The number of benzene rings is 1. The Balaban J connectivity index is 1.87. The summed E-state index contributed by atoms with van der Waals surface area (Å²) in [5.74, 6) is 0.452. The highest BCUT2D eigenvalue weighted by molar-refractivity contribution is 6.03. The van der Waals surface area contributed by atoms with Gasteiger partial charge in [0.1, 0.15) is 12.3 Å². The molecule has 0 saturated carbocycles. The number of nitrogens with zero attached hydrogens (tertiary/aromatic N) is 2. The molecule has 150 valence electrons. The maximum absolute atomic E-state index is 13.1. The molecule has 0 radical (unpaired) electrons. The third-order valence-electron chi connectivity index (χ3n) is 4.93. The molecule has 1 aromatic rings. The number of hydrogen-bond donors (Lipinski definition) is 2. The number of rotatable bonds is 6. The number of urea groups is 1. The lowest BCUT2D eigenvalue weighted by molar-refractivity contribution is -0.132. The minimum Gasteiger partial charge on any atom is -0.496 e. The van der Waals surface area contributed by atoms with Crippen molar-refractivity contribution >= 4 is 17.8 Å². The van der Waals surface area contributed by atoms with Crippen LogP contribution in [0.4, 0.5) is 4.79 Å². The molecule has 0 bridgehead atoms. The van der Waals surface area contributed by atoms with Gasteiger partial charge in [-0.1, -0.05) is 32.0 Å². The van der Waals surface area contributed by atoms with Crippen LogP contribution < -0.4 is 15.4 Å². The monoisotopic (exact) mass is 386 g/mol. The van der Waals surface area contributed by atoms with E-state index in [9.17, 15) is 14.4 Å². The topological polar surface area (TPSA) is 91.0 Å². The maximum Gasteiger partial charge on any atom is 0.322 e. The fourth-order valence-corrected chi connectivity index (χ4v) is 3.44. The highest BCUT2D eigenvalue weighted by Gasteiger charge is 2.43. The summed E-state index contributed by atoms with van der Waals surface area (Å²) in [5, 5.41) is 5.70. The number of hydrogen-bond acceptors (Lipinski definition) is 4. The van der Waals surface area contributed by atoms with Gasteiger partial charge in [-0.15, -0.1) is 0 Å². The van der Waals surface area contributed by atoms with E-state index in [1.165, 1.54) is 9.80 Å². The Kier molecular flexibility index (Phi) is 5.58. The minimum absolute atomic E-state index is 0.0424. The van der Waals surface area contributed by atoms with E-state index in [2.05, 4.69) is 10.6 Å². The molecule has 0 saturated heterocycles. The summed E-state index contributed by atoms with van der Waals surface area (Å²) in [6, 6.07) is 6.36. The summed E-state index contributed by atoms with van der Waals surface area (Å²) < 4.78 is 5.41. The van der Waals surface area contributed by atoms with Crippen molar-refractivity contribution < 1.29 is 19.1 Å². The Hall–Kier alpha value is -3.03. The molecular weight excluding hydrogens is 360 g/mol. The Morgan fingerprint density at radius 1 is 1.32 bits per heavy atom. The van der Waals surface area contributed by atoms with Crippen molar-refractivity contribution in [2.24, 2.45) is 5.92 Å². The summed E-state index contributed by atoms with van der Waals surface area (Å²) in [7, 11) is 3.17. The van der Waals surface area contributed by atoms with Crippen LogP contribution in [0.25, 0.3) is 0 Å². The van der Waals surface area contributed by atoms with E-state index in [-0.39, 0.29) is 30.9 Å². The van der Waals surface area contributed by atoms with Crippen LogP contribution in [0.2, 0.25) is 0 Å². The van der Waals surface area contributed by atoms with Crippen molar-refractivity contribution in [2.75, 3.05) is 33.8 Å². The normalized spacial score (nSPS) is 19.1. The van der Waals surface area contributed by atoms with Crippen LogP contribution in [0.3, 0.4) is 0 Å². The third kappa shape index (κ3) is 3.67. The zero-order valence-corrected chi connectivity index (χ0v) is 16.6. The van der Waals surface area contributed by atoms with Crippen LogP contribution in [0, 0.1) is 5.92 Å². The molecule has 2 N–H and O–H groups in total. The van der Waals surface area contributed by atoms with E-state index in [1.54, 1.807) is 20.2 Å². The lowest BCUT2D eigenvalue weighted by Gasteiger charge is -2.31. The van der Waals surface area contributed by atoms with Crippen LogP contribution in [0.1, 0.15) is 25.5 Å². The molecule has 0 aromatic heterocycles. The fourth-order valence-electron chi connectivity index (χ4n) is 3.44. The number of nitrogens with one attached hydrogen (secondary N) is 2. The van der Waals surface area contributed by atoms with Gasteiger partial charge >= 0.3 is 6.03 Å². The van der Waals surface area contributed by atoms with Gasteiger partial charge < -0.3 is 20.3 Å². The smallest absolute Gasteiger partial charge is 0.322 e. The molecule has 2 heterocycles. The molecule has 1 aromatic carbocycles.